The summed E-state index contributed by atoms with van der Waals surface area (Å²) in [6.45, 7) is 4.38. The fourth-order valence-electron chi connectivity index (χ4n) is 3.05. The van der Waals surface area contributed by atoms with E-state index in [1.165, 1.54) is 24.0 Å². The normalized spacial score (nSPS) is 11.9. The number of hydrogen-bond acceptors (Lipinski definition) is 0. The second kappa shape index (κ2) is 7.09. The van der Waals surface area contributed by atoms with Gasteiger partial charge in [0.2, 0.25) is 0 Å². The van der Waals surface area contributed by atoms with Crippen LogP contribution in [0.25, 0.3) is 0 Å². The number of allylic oxidation sites excluding steroid dienone is 2. The molecule has 0 nitrogen and oxygen atoms in total. The van der Waals surface area contributed by atoms with Gasteiger partial charge >= 0.3 is 0 Å². The first-order valence-corrected chi connectivity index (χ1v) is 7.55. The molecule has 0 amide bonds. The van der Waals surface area contributed by atoms with Crippen LogP contribution in [0.3, 0.4) is 0 Å². The van der Waals surface area contributed by atoms with Gasteiger partial charge in [-0.2, -0.15) is 0 Å². The van der Waals surface area contributed by atoms with Crippen molar-refractivity contribution < 1.29 is 0 Å². The van der Waals surface area contributed by atoms with Crippen molar-refractivity contribution in [1.29, 1.82) is 0 Å². The minimum Gasteiger partial charge on any atom is -0.0916 e. The van der Waals surface area contributed by atoms with Crippen LogP contribution in [0.5, 0.6) is 0 Å². The zero-order valence-electron chi connectivity index (χ0n) is 12.5. The van der Waals surface area contributed by atoms with Gasteiger partial charge in [0, 0.05) is 5.41 Å². The van der Waals surface area contributed by atoms with Gasteiger partial charge in [0.25, 0.3) is 0 Å². The van der Waals surface area contributed by atoms with Crippen LogP contribution in [0.15, 0.2) is 72.8 Å². The van der Waals surface area contributed by atoms with Crippen molar-refractivity contribution in [3.05, 3.63) is 83.9 Å². The Kier molecular flexibility index (Phi) is 5.17. The smallest absolute Gasteiger partial charge is 0.0237 e. The highest BCUT2D eigenvalue weighted by molar-refractivity contribution is 5.40. The molecule has 0 N–H and O–H groups in total. The van der Waals surface area contributed by atoms with E-state index in [1.54, 1.807) is 0 Å². The molecule has 2 rings (SSSR count). The van der Waals surface area contributed by atoms with E-state index in [-0.39, 0.29) is 5.41 Å². The zero-order valence-corrected chi connectivity index (χ0v) is 12.5. The van der Waals surface area contributed by atoms with E-state index in [0.717, 1.165) is 6.42 Å². The van der Waals surface area contributed by atoms with Gasteiger partial charge in [-0.3, -0.25) is 0 Å². The summed E-state index contributed by atoms with van der Waals surface area (Å²) >= 11 is 0. The first-order valence-electron chi connectivity index (χ1n) is 7.55. The highest BCUT2D eigenvalue weighted by Crippen LogP contribution is 2.40. The topological polar surface area (TPSA) is 0 Å². The van der Waals surface area contributed by atoms with Crippen molar-refractivity contribution in [2.45, 2.75) is 38.5 Å². The molecular formula is C20H24. The van der Waals surface area contributed by atoms with Crippen LogP contribution in [-0.4, -0.2) is 0 Å². The zero-order chi connectivity index (χ0) is 14.3. The summed E-state index contributed by atoms with van der Waals surface area (Å²) < 4.78 is 0. The highest BCUT2D eigenvalue weighted by atomic mass is 14.3. The van der Waals surface area contributed by atoms with E-state index >= 15 is 0 Å². The molecule has 0 heterocycles. The lowest BCUT2D eigenvalue weighted by atomic mass is 9.69. The molecule has 0 unspecified atom stereocenters. The molecule has 0 heteroatoms. The maximum Gasteiger partial charge on any atom is 0.0237 e. The van der Waals surface area contributed by atoms with Gasteiger partial charge in [0.1, 0.15) is 0 Å². The second-order valence-electron chi connectivity index (χ2n) is 5.34. The molecule has 0 radical (unpaired) electrons. The third-order valence-corrected chi connectivity index (χ3v) is 4.03. The van der Waals surface area contributed by atoms with Gasteiger partial charge in [-0.25, -0.2) is 0 Å². The molecule has 0 aliphatic rings. The van der Waals surface area contributed by atoms with Crippen molar-refractivity contribution >= 4 is 0 Å². The van der Waals surface area contributed by atoms with Crippen molar-refractivity contribution in [1.82, 2.24) is 0 Å². The summed E-state index contributed by atoms with van der Waals surface area (Å²) in [4.78, 5) is 0. The summed E-state index contributed by atoms with van der Waals surface area (Å²) in [5.41, 5.74) is 2.95. The minimum atomic E-state index is 0.101. The first-order chi connectivity index (χ1) is 9.83. The van der Waals surface area contributed by atoms with Crippen LogP contribution in [0.4, 0.5) is 0 Å². The molecule has 0 atom stereocenters. The molecule has 0 aliphatic carbocycles. The van der Waals surface area contributed by atoms with Gasteiger partial charge in [-0.15, -0.1) is 0 Å². The Balaban J connectivity index is 2.56. The molecule has 0 aromatic heterocycles. The largest absolute Gasteiger partial charge is 0.0916 e. The van der Waals surface area contributed by atoms with Crippen LogP contribution >= 0.6 is 0 Å². The van der Waals surface area contributed by atoms with E-state index < -0.39 is 0 Å². The third-order valence-electron chi connectivity index (χ3n) is 4.03. The Hall–Kier alpha value is -1.82. The fourth-order valence-corrected chi connectivity index (χ4v) is 3.05. The van der Waals surface area contributed by atoms with E-state index in [2.05, 4.69) is 86.7 Å². The summed E-state index contributed by atoms with van der Waals surface area (Å²) in [6, 6.07) is 21.9. The van der Waals surface area contributed by atoms with Gasteiger partial charge in [-0.1, -0.05) is 86.2 Å². The number of benzene rings is 2. The van der Waals surface area contributed by atoms with Crippen LogP contribution in [0.2, 0.25) is 0 Å². The molecule has 0 bridgehead atoms. The third kappa shape index (κ3) is 3.01. The van der Waals surface area contributed by atoms with Crippen molar-refractivity contribution in [3.8, 4) is 0 Å². The Morgan fingerprint density at radius 3 is 1.75 bits per heavy atom. The maximum atomic E-state index is 2.30. The molecule has 0 saturated heterocycles. The molecule has 2 aromatic rings. The summed E-state index contributed by atoms with van der Waals surface area (Å²) in [5.74, 6) is 0. The maximum absolute atomic E-state index is 2.30. The standard InChI is InChI=1S/C20H24/c1-3-5-17-20(16-4-2,18-12-8-6-9-13-18)19-14-10-7-11-15-19/h3,5-15H,4,16-17H2,1-2H3/b5-3-. The average Bonchev–Trinajstić information content (AvgIpc) is 2.53. The lowest BCUT2D eigenvalue weighted by Crippen LogP contribution is -2.27. The number of rotatable bonds is 6. The van der Waals surface area contributed by atoms with Crippen LogP contribution < -0.4 is 0 Å². The summed E-state index contributed by atoms with van der Waals surface area (Å²) in [7, 11) is 0. The SMILES string of the molecule is C/C=C\CC(CCC)(c1ccccc1)c1ccccc1. The molecule has 0 saturated carbocycles. The van der Waals surface area contributed by atoms with Crippen molar-refractivity contribution in [3.63, 3.8) is 0 Å². The van der Waals surface area contributed by atoms with E-state index in [4.69, 9.17) is 0 Å². The monoisotopic (exact) mass is 264 g/mol. The van der Waals surface area contributed by atoms with Crippen LogP contribution in [0.1, 0.15) is 44.2 Å². The summed E-state index contributed by atoms with van der Waals surface area (Å²) in [6.07, 6.45) is 7.88. The van der Waals surface area contributed by atoms with Gasteiger partial charge in [-0.05, 0) is 30.9 Å². The minimum absolute atomic E-state index is 0.101. The lowest BCUT2D eigenvalue weighted by molar-refractivity contribution is 0.470. The quantitative estimate of drug-likeness (QED) is 0.584. The van der Waals surface area contributed by atoms with Gasteiger partial charge < -0.3 is 0 Å². The van der Waals surface area contributed by atoms with E-state index in [0.29, 0.717) is 0 Å². The molecule has 0 aliphatic heterocycles. The Morgan fingerprint density at radius 2 is 1.35 bits per heavy atom. The molecule has 0 spiro atoms. The van der Waals surface area contributed by atoms with Crippen molar-refractivity contribution in [2.75, 3.05) is 0 Å². The Morgan fingerprint density at radius 1 is 0.850 bits per heavy atom. The molecule has 104 valence electrons. The van der Waals surface area contributed by atoms with Crippen LogP contribution in [-0.2, 0) is 5.41 Å². The van der Waals surface area contributed by atoms with E-state index in [1.807, 2.05) is 0 Å². The van der Waals surface area contributed by atoms with Gasteiger partial charge in [0.05, 0.1) is 0 Å². The first kappa shape index (κ1) is 14.6. The highest BCUT2D eigenvalue weighted by Gasteiger charge is 2.31. The second-order valence-corrected chi connectivity index (χ2v) is 5.34. The van der Waals surface area contributed by atoms with Gasteiger partial charge in [0.15, 0.2) is 0 Å². The average molecular weight is 264 g/mol. The molecular weight excluding hydrogens is 240 g/mol. The molecule has 2 aromatic carbocycles. The number of hydrogen-bond donors (Lipinski definition) is 0. The predicted octanol–water partition coefficient (Wildman–Crippen LogP) is 5.74. The van der Waals surface area contributed by atoms with E-state index in [9.17, 15) is 0 Å². The Labute approximate surface area is 123 Å². The van der Waals surface area contributed by atoms with Crippen LogP contribution in [0, 0.1) is 0 Å². The lowest BCUT2D eigenvalue weighted by Gasteiger charge is -2.34. The molecule has 20 heavy (non-hydrogen) atoms. The predicted molar refractivity (Wildman–Crippen MR) is 88.0 cm³/mol. The van der Waals surface area contributed by atoms with Crippen molar-refractivity contribution in [2.24, 2.45) is 0 Å². The summed E-state index contributed by atoms with van der Waals surface area (Å²) in [5, 5.41) is 0. The Bertz CT molecular complexity index is 483. The fraction of sp³-hybridized carbons (Fsp3) is 0.300. The molecule has 0 fully saturated rings.